The van der Waals surface area contributed by atoms with Gasteiger partial charge in [-0.2, -0.15) is 0 Å². The molecule has 0 aliphatic heterocycles. The third-order valence-corrected chi connectivity index (χ3v) is 2.37. The highest BCUT2D eigenvalue weighted by Crippen LogP contribution is 2.29. The topological polar surface area (TPSA) is 33.5 Å². The fraction of sp³-hybridized carbons (Fsp3) is 0.300. The first-order valence-electron chi connectivity index (χ1n) is 4.53. The Balaban J connectivity index is 2.76. The minimum atomic E-state index is -0.106. The third kappa shape index (κ3) is 3.70. The molecule has 0 radical (unpaired) electrons. The van der Waals surface area contributed by atoms with Gasteiger partial charge < -0.3 is 10.2 Å². The smallest absolute Gasteiger partial charge is 0.279 e. The number of likely N-dealkylation sites (N-methyl/N-ethyl adjacent to an activating group) is 1. The number of rotatable bonds is 3. The number of amides is 1. The molecule has 0 spiro atoms. The number of anilines is 1. The van der Waals surface area contributed by atoms with Crippen LogP contribution in [0.15, 0.2) is 18.2 Å². The molecule has 0 heterocycles. The average molecular weight is 248 g/mol. The summed E-state index contributed by atoms with van der Waals surface area (Å²) >= 11 is 11.8. The SMILES string of the molecule is C[NH+](C)CC(=O)Nc1c(Cl)cccc1Cl. The lowest BCUT2D eigenvalue weighted by Gasteiger charge is -2.10. The molecule has 0 atom stereocenters. The Labute approximate surface area is 99.0 Å². The lowest BCUT2D eigenvalue weighted by molar-refractivity contribution is -0.849. The minimum absolute atomic E-state index is 0.106. The van der Waals surface area contributed by atoms with E-state index >= 15 is 0 Å². The Morgan fingerprint density at radius 2 is 1.87 bits per heavy atom. The van der Waals surface area contributed by atoms with Crippen LogP contribution in [-0.4, -0.2) is 26.5 Å². The van der Waals surface area contributed by atoms with Crippen molar-refractivity contribution in [3.05, 3.63) is 28.2 Å². The molecule has 15 heavy (non-hydrogen) atoms. The fourth-order valence-corrected chi connectivity index (χ4v) is 1.61. The highest BCUT2D eigenvalue weighted by Gasteiger charge is 2.11. The van der Waals surface area contributed by atoms with Gasteiger partial charge in [-0.15, -0.1) is 0 Å². The summed E-state index contributed by atoms with van der Waals surface area (Å²) in [6.45, 7) is 0.377. The van der Waals surface area contributed by atoms with E-state index in [4.69, 9.17) is 23.2 Å². The van der Waals surface area contributed by atoms with E-state index in [1.807, 2.05) is 14.1 Å². The van der Waals surface area contributed by atoms with E-state index in [0.717, 1.165) is 4.90 Å². The van der Waals surface area contributed by atoms with Crippen molar-refractivity contribution < 1.29 is 9.69 Å². The Morgan fingerprint density at radius 3 is 2.33 bits per heavy atom. The number of carbonyl (C=O) groups is 1. The van der Waals surface area contributed by atoms with Gasteiger partial charge in [0.25, 0.3) is 5.91 Å². The molecule has 1 aromatic rings. The molecule has 0 fully saturated rings. The third-order valence-electron chi connectivity index (χ3n) is 1.74. The van der Waals surface area contributed by atoms with Gasteiger partial charge in [0.1, 0.15) is 0 Å². The molecule has 2 N–H and O–H groups in total. The van der Waals surface area contributed by atoms with E-state index in [1.54, 1.807) is 18.2 Å². The molecular weight excluding hydrogens is 235 g/mol. The number of benzene rings is 1. The minimum Gasteiger partial charge on any atom is -0.332 e. The fourth-order valence-electron chi connectivity index (χ4n) is 1.12. The van der Waals surface area contributed by atoms with Crippen LogP contribution < -0.4 is 10.2 Å². The molecule has 1 aromatic carbocycles. The van der Waals surface area contributed by atoms with Crippen molar-refractivity contribution in [3.8, 4) is 0 Å². The maximum atomic E-state index is 11.5. The summed E-state index contributed by atoms with van der Waals surface area (Å²) in [7, 11) is 3.79. The van der Waals surface area contributed by atoms with Gasteiger partial charge in [0.2, 0.25) is 0 Å². The van der Waals surface area contributed by atoms with Crippen molar-refractivity contribution in [3.63, 3.8) is 0 Å². The van der Waals surface area contributed by atoms with Gasteiger partial charge in [-0.1, -0.05) is 29.3 Å². The summed E-state index contributed by atoms with van der Waals surface area (Å²) in [4.78, 5) is 12.5. The molecular formula is C10H13Cl2N2O+. The standard InChI is InChI=1S/C10H12Cl2N2O/c1-14(2)6-9(15)13-10-7(11)4-3-5-8(10)12/h3-5H,6H2,1-2H3,(H,13,15)/p+1. The zero-order valence-corrected chi connectivity index (χ0v) is 10.1. The normalized spacial score (nSPS) is 10.5. The van der Waals surface area contributed by atoms with Crippen LogP contribution in [0.5, 0.6) is 0 Å². The van der Waals surface area contributed by atoms with Gasteiger partial charge in [-0.3, -0.25) is 4.79 Å². The van der Waals surface area contributed by atoms with Gasteiger partial charge in [-0.25, -0.2) is 0 Å². The first kappa shape index (κ1) is 12.3. The Kier molecular flexibility index (Phi) is 4.39. The van der Waals surface area contributed by atoms with Crippen molar-refractivity contribution in [2.75, 3.05) is 26.0 Å². The van der Waals surface area contributed by atoms with E-state index in [9.17, 15) is 4.79 Å². The van der Waals surface area contributed by atoms with E-state index in [-0.39, 0.29) is 5.91 Å². The number of hydrogen-bond donors (Lipinski definition) is 2. The van der Waals surface area contributed by atoms with Crippen LogP contribution in [-0.2, 0) is 4.79 Å². The van der Waals surface area contributed by atoms with E-state index in [2.05, 4.69) is 5.32 Å². The molecule has 0 aliphatic rings. The second-order valence-corrected chi connectivity index (χ2v) is 4.34. The van der Waals surface area contributed by atoms with Crippen LogP contribution in [0.25, 0.3) is 0 Å². The van der Waals surface area contributed by atoms with Crippen LogP contribution in [0.1, 0.15) is 0 Å². The zero-order valence-electron chi connectivity index (χ0n) is 8.60. The first-order chi connectivity index (χ1) is 7.00. The lowest BCUT2D eigenvalue weighted by Crippen LogP contribution is -3.06. The molecule has 1 rings (SSSR count). The second kappa shape index (κ2) is 5.35. The molecule has 82 valence electrons. The van der Waals surface area contributed by atoms with Crippen LogP contribution in [0.2, 0.25) is 10.0 Å². The van der Waals surface area contributed by atoms with Crippen LogP contribution in [0, 0.1) is 0 Å². The summed E-state index contributed by atoms with van der Waals surface area (Å²) in [5.74, 6) is -0.106. The highest BCUT2D eigenvalue weighted by atomic mass is 35.5. The van der Waals surface area contributed by atoms with Crippen molar-refractivity contribution in [2.24, 2.45) is 0 Å². The summed E-state index contributed by atoms with van der Waals surface area (Å²) in [5, 5.41) is 3.58. The summed E-state index contributed by atoms with van der Waals surface area (Å²) < 4.78 is 0. The molecule has 0 aliphatic carbocycles. The molecule has 1 amide bonds. The second-order valence-electron chi connectivity index (χ2n) is 3.53. The molecule has 0 saturated carbocycles. The Morgan fingerprint density at radius 1 is 1.33 bits per heavy atom. The van der Waals surface area contributed by atoms with Gasteiger partial charge >= 0.3 is 0 Å². The number of hydrogen-bond acceptors (Lipinski definition) is 1. The van der Waals surface area contributed by atoms with Crippen molar-refractivity contribution in [2.45, 2.75) is 0 Å². The maximum Gasteiger partial charge on any atom is 0.279 e. The van der Waals surface area contributed by atoms with Gasteiger partial charge in [0.05, 0.1) is 29.8 Å². The van der Waals surface area contributed by atoms with E-state index in [1.165, 1.54) is 0 Å². The van der Waals surface area contributed by atoms with Gasteiger partial charge in [-0.05, 0) is 12.1 Å². The lowest BCUT2D eigenvalue weighted by atomic mass is 10.3. The van der Waals surface area contributed by atoms with Crippen LogP contribution in [0.4, 0.5) is 5.69 Å². The Bertz CT molecular complexity index is 346. The number of para-hydroxylation sites is 1. The summed E-state index contributed by atoms with van der Waals surface area (Å²) in [6, 6.07) is 5.11. The van der Waals surface area contributed by atoms with Crippen molar-refractivity contribution >= 4 is 34.8 Å². The predicted molar refractivity (Wildman–Crippen MR) is 62.8 cm³/mol. The predicted octanol–water partition coefficient (Wildman–Crippen LogP) is 1.08. The van der Waals surface area contributed by atoms with Crippen molar-refractivity contribution in [1.29, 1.82) is 0 Å². The number of halogens is 2. The monoisotopic (exact) mass is 247 g/mol. The van der Waals surface area contributed by atoms with Gasteiger partial charge in [0.15, 0.2) is 6.54 Å². The quantitative estimate of drug-likeness (QED) is 0.824. The average Bonchev–Trinajstić information content (AvgIpc) is 2.10. The molecule has 0 aromatic heterocycles. The van der Waals surface area contributed by atoms with E-state index < -0.39 is 0 Å². The van der Waals surface area contributed by atoms with E-state index in [0.29, 0.717) is 22.3 Å². The molecule has 0 saturated heterocycles. The molecule has 3 nitrogen and oxygen atoms in total. The number of quaternary nitrogens is 1. The molecule has 0 unspecified atom stereocenters. The highest BCUT2D eigenvalue weighted by molar-refractivity contribution is 6.39. The Hall–Kier alpha value is -0.770. The van der Waals surface area contributed by atoms with Crippen LogP contribution >= 0.6 is 23.2 Å². The van der Waals surface area contributed by atoms with Crippen molar-refractivity contribution in [1.82, 2.24) is 0 Å². The largest absolute Gasteiger partial charge is 0.332 e. The maximum absolute atomic E-state index is 11.5. The zero-order chi connectivity index (χ0) is 11.4. The number of carbonyl (C=O) groups excluding carboxylic acids is 1. The molecule has 5 heteroatoms. The molecule has 0 bridgehead atoms. The number of nitrogens with one attached hydrogen (secondary N) is 2. The van der Waals surface area contributed by atoms with Crippen LogP contribution in [0.3, 0.4) is 0 Å². The first-order valence-corrected chi connectivity index (χ1v) is 5.29. The summed E-state index contributed by atoms with van der Waals surface area (Å²) in [5.41, 5.74) is 0.479. The van der Waals surface area contributed by atoms with Gasteiger partial charge in [0, 0.05) is 0 Å². The summed E-state index contributed by atoms with van der Waals surface area (Å²) in [6.07, 6.45) is 0.